The van der Waals surface area contributed by atoms with Crippen molar-refractivity contribution in [3.05, 3.63) is 53.3 Å². The lowest BCUT2D eigenvalue weighted by molar-refractivity contribution is 1.28. The molecule has 1 heterocycles. The van der Waals surface area contributed by atoms with Crippen LogP contribution in [-0.2, 0) is 0 Å². The van der Waals surface area contributed by atoms with E-state index < -0.39 is 0 Å². The maximum atomic E-state index is 5.50. The van der Waals surface area contributed by atoms with E-state index in [1.807, 2.05) is 18.2 Å². The second kappa shape index (κ2) is 5.14. The summed E-state index contributed by atoms with van der Waals surface area (Å²) in [4.78, 5) is 4.50. The molecule has 0 bridgehead atoms. The summed E-state index contributed by atoms with van der Waals surface area (Å²) in [5.74, 6) is 0. The fourth-order valence-corrected chi connectivity index (χ4v) is 1.72. The third-order valence-electron chi connectivity index (χ3n) is 2.81. The van der Waals surface area contributed by atoms with Crippen molar-refractivity contribution in [3.63, 3.8) is 0 Å². The first-order chi connectivity index (χ1) is 8.56. The molecule has 0 amide bonds. The molecular formula is C14H15N3S. The van der Waals surface area contributed by atoms with E-state index in [2.05, 4.69) is 36.3 Å². The van der Waals surface area contributed by atoms with Crippen LogP contribution in [0.25, 0.3) is 0 Å². The Hall–Kier alpha value is -1.94. The number of anilines is 2. The van der Waals surface area contributed by atoms with Crippen LogP contribution in [0.15, 0.2) is 36.5 Å². The molecule has 0 aliphatic carbocycles. The zero-order valence-corrected chi connectivity index (χ0v) is 11.2. The molecule has 0 saturated heterocycles. The number of aryl methyl sites for hydroxylation is 2. The Balaban J connectivity index is 2.18. The summed E-state index contributed by atoms with van der Waals surface area (Å²) < 4.78 is 0. The minimum atomic E-state index is 0.313. The summed E-state index contributed by atoms with van der Waals surface area (Å²) in [5, 5.41) is 3.29. The second-order valence-corrected chi connectivity index (χ2v) is 4.66. The minimum absolute atomic E-state index is 0.313. The zero-order chi connectivity index (χ0) is 13.1. The number of hydrogen-bond donors (Lipinski definition) is 2. The third kappa shape index (κ3) is 2.84. The number of rotatable bonds is 3. The van der Waals surface area contributed by atoms with E-state index in [1.54, 1.807) is 6.20 Å². The first-order valence-electron chi connectivity index (χ1n) is 5.66. The predicted molar refractivity (Wildman–Crippen MR) is 79.3 cm³/mol. The van der Waals surface area contributed by atoms with Crippen molar-refractivity contribution in [1.82, 2.24) is 4.98 Å². The van der Waals surface area contributed by atoms with Crippen LogP contribution in [0, 0.1) is 13.8 Å². The van der Waals surface area contributed by atoms with Crippen LogP contribution in [0.4, 0.5) is 11.4 Å². The second-order valence-electron chi connectivity index (χ2n) is 4.22. The third-order valence-corrected chi connectivity index (χ3v) is 3.02. The van der Waals surface area contributed by atoms with Gasteiger partial charge in [0.15, 0.2) is 0 Å². The normalized spacial score (nSPS) is 10.1. The molecular weight excluding hydrogens is 242 g/mol. The smallest absolute Gasteiger partial charge is 0.122 e. The lowest BCUT2D eigenvalue weighted by atomic mass is 10.1. The highest BCUT2D eigenvalue weighted by atomic mass is 32.1. The molecule has 0 unspecified atom stereocenters. The van der Waals surface area contributed by atoms with Crippen LogP contribution in [0.2, 0.25) is 0 Å². The molecule has 0 aliphatic rings. The van der Waals surface area contributed by atoms with Crippen molar-refractivity contribution >= 4 is 28.6 Å². The highest BCUT2D eigenvalue weighted by Crippen LogP contribution is 2.19. The Labute approximate surface area is 112 Å². The molecule has 92 valence electrons. The van der Waals surface area contributed by atoms with Gasteiger partial charge in [0.25, 0.3) is 0 Å². The number of hydrogen-bond acceptors (Lipinski definition) is 3. The summed E-state index contributed by atoms with van der Waals surface area (Å²) in [7, 11) is 0. The van der Waals surface area contributed by atoms with Crippen molar-refractivity contribution in [2.75, 3.05) is 5.32 Å². The number of nitrogens with one attached hydrogen (secondary N) is 1. The molecule has 0 atom stereocenters. The summed E-state index contributed by atoms with van der Waals surface area (Å²) in [5.41, 5.74) is 10.6. The molecule has 0 radical (unpaired) electrons. The van der Waals surface area contributed by atoms with Crippen LogP contribution in [0.5, 0.6) is 0 Å². The molecule has 1 aromatic heterocycles. The Bertz CT molecular complexity index is 576. The molecule has 0 spiro atoms. The Morgan fingerprint density at radius 3 is 2.39 bits per heavy atom. The lowest BCUT2D eigenvalue weighted by Gasteiger charge is -2.08. The first kappa shape index (κ1) is 12.5. The number of pyridine rings is 1. The van der Waals surface area contributed by atoms with Gasteiger partial charge in [0, 0.05) is 5.69 Å². The van der Waals surface area contributed by atoms with Gasteiger partial charge in [-0.2, -0.15) is 0 Å². The molecule has 1 aromatic carbocycles. The summed E-state index contributed by atoms with van der Waals surface area (Å²) >= 11 is 4.86. The standard InChI is InChI=1S/C14H15N3S/c1-9-3-4-11(7-10(9)2)17-12-5-6-13(14(15)18)16-8-12/h3-8,17H,1-2H3,(H2,15,18). The van der Waals surface area contributed by atoms with E-state index in [1.165, 1.54) is 11.1 Å². The van der Waals surface area contributed by atoms with E-state index >= 15 is 0 Å². The van der Waals surface area contributed by atoms with Crippen molar-refractivity contribution < 1.29 is 0 Å². The summed E-state index contributed by atoms with van der Waals surface area (Å²) in [6.45, 7) is 4.19. The van der Waals surface area contributed by atoms with Gasteiger partial charge in [-0.05, 0) is 49.2 Å². The van der Waals surface area contributed by atoms with Gasteiger partial charge >= 0.3 is 0 Å². The van der Waals surface area contributed by atoms with Gasteiger partial charge in [-0.1, -0.05) is 18.3 Å². The van der Waals surface area contributed by atoms with Crippen molar-refractivity contribution in [2.45, 2.75) is 13.8 Å². The van der Waals surface area contributed by atoms with Crippen LogP contribution >= 0.6 is 12.2 Å². The van der Waals surface area contributed by atoms with E-state index in [-0.39, 0.29) is 0 Å². The van der Waals surface area contributed by atoms with Crippen LogP contribution in [0.3, 0.4) is 0 Å². The predicted octanol–water partition coefficient (Wildman–Crippen LogP) is 3.08. The van der Waals surface area contributed by atoms with Gasteiger partial charge in [-0.15, -0.1) is 0 Å². The number of nitrogens with zero attached hydrogens (tertiary/aromatic N) is 1. The number of thiocarbonyl (C=S) groups is 1. The highest BCUT2D eigenvalue weighted by molar-refractivity contribution is 7.80. The van der Waals surface area contributed by atoms with Gasteiger partial charge in [-0.25, -0.2) is 0 Å². The molecule has 2 aromatic rings. The van der Waals surface area contributed by atoms with Crippen LogP contribution in [-0.4, -0.2) is 9.97 Å². The van der Waals surface area contributed by atoms with E-state index in [9.17, 15) is 0 Å². The number of nitrogens with two attached hydrogens (primary N) is 1. The first-order valence-corrected chi connectivity index (χ1v) is 6.07. The fourth-order valence-electron chi connectivity index (χ4n) is 1.60. The van der Waals surface area contributed by atoms with Gasteiger partial charge in [0.1, 0.15) is 4.99 Å². The average Bonchev–Trinajstić information content (AvgIpc) is 2.34. The quantitative estimate of drug-likeness (QED) is 0.830. The van der Waals surface area contributed by atoms with Gasteiger partial charge in [0.05, 0.1) is 17.6 Å². The van der Waals surface area contributed by atoms with Crippen LogP contribution in [0.1, 0.15) is 16.8 Å². The van der Waals surface area contributed by atoms with Gasteiger partial charge < -0.3 is 11.1 Å². The zero-order valence-electron chi connectivity index (χ0n) is 10.4. The Kier molecular flexibility index (Phi) is 3.58. The minimum Gasteiger partial charge on any atom is -0.388 e. The van der Waals surface area contributed by atoms with Crippen molar-refractivity contribution in [1.29, 1.82) is 0 Å². The van der Waals surface area contributed by atoms with Crippen LogP contribution < -0.4 is 11.1 Å². The fraction of sp³-hybridized carbons (Fsp3) is 0.143. The Morgan fingerprint density at radius 2 is 1.83 bits per heavy atom. The largest absolute Gasteiger partial charge is 0.388 e. The summed E-state index contributed by atoms with van der Waals surface area (Å²) in [6, 6.07) is 9.97. The van der Waals surface area contributed by atoms with Crippen molar-refractivity contribution in [3.8, 4) is 0 Å². The number of benzene rings is 1. The summed E-state index contributed by atoms with van der Waals surface area (Å²) in [6.07, 6.45) is 1.73. The molecule has 0 fully saturated rings. The van der Waals surface area contributed by atoms with E-state index in [4.69, 9.17) is 18.0 Å². The van der Waals surface area contributed by atoms with Gasteiger partial charge in [-0.3, -0.25) is 4.98 Å². The highest BCUT2D eigenvalue weighted by Gasteiger charge is 2.00. The SMILES string of the molecule is Cc1ccc(Nc2ccc(C(N)=S)nc2)cc1C. The molecule has 2 rings (SSSR count). The molecule has 0 saturated carbocycles. The molecule has 3 nitrogen and oxygen atoms in total. The molecule has 3 N–H and O–H groups in total. The van der Waals surface area contributed by atoms with Gasteiger partial charge in [0.2, 0.25) is 0 Å². The Morgan fingerprint density at radius 1 is 1.11 bits per heavy atom. The van der Waals surface area contributed by atoms with Crippen molar-refractivity contribution in [2.24, 2.45) is 5.73 Å². The maximum Gasteiger partial charge on any atom is 0.122 e. The topological polar surface area (TPSA) is 50.9 Å². The average molecular weight is 257 g/mol. The van der Waals surface area contributed by atoms with E-state index in [0.717, 1.165) is 11.4 Å². The lowest BCUT2D eigenvalue weighted by Crippen LogP contribution is -2.11. The maximum absolute atomic E-state index is 5.50. The monoisotopic (exact) mass is 257 g/mol. The molecule has 18 heavy (non-hydrogen) atoms. The molecule has 0 aliphatic heterocycles. The molecule has 4 heteroatoms. The van der Waals surface area contributed by atoms with E-state index in [0.29, 0.717) is 10.7 Å². The number of aromatic nitrogens is 1.